The molecule has 0 saturated carbocycles. The van der Waals surface area contributed by atoms with Crippen molar-refractivity contribution in [1.82, 2.24) is 0 Å². The summed E-state index contributed by atoms with van der Waals surface area (Å²) in [5, 5.41) is 8.73. The fourth-order valence-corrected chi connectivity index (χ4v) is 2.07. The molecule has 0 bridgehead atoms. The fraction of sp³-hybridized carbons (Fsp3) is 0.273. The monoisotopic (exact) mass is 239 g/mol. The number of carbonyl (C=O) groups excluding carboxylic acids is 1. The lowest BCUT2D eigenvalue weighted by atomic mass is 10.1. The first-order valence-electron chi connectivity index (χ1n) is 4.78. The standard InChI is InChI=1S/C11H13NO3S/c1-2-3-4-7(13)10(12)8-5-6-9(16-8)11(14)15/h2,5-6,10H,1,3-4,12H2,(H,14,15). The van der Waals surface area contributed by atoms with Crippen LogP contribution in [0.2, 0.25) is 0 Å². The van der Waals surface area contributed by atoms with Gasteiger partial charge in [-0.3, -0.25) is 4.79 Å². The van der Waals surface area contributed by atoms with Gasteiger partial charge in [0.1, 0.15) is 4.88 Å². The Balaban J connectivity index is 2.71. The average molecular weight is 239 g/mol. The van der Waals surface area contributed by atoms with E-state index in [4.69, 9.17) is 10.8 Å². The van der Waals surface area contributed by atoms with Crippen molar-refractivity contribution < 1.29 is 14.7 Å². The number of aromatic carboxylic acids is 1. The van der Waals surface area contributed by atoms with Crippen molar-refractivity contribution >= 4 is 23.1 Å². The van der Waals surface area contributed by atoms with E-state index in [2.05, 4.69) is 6.58 Å². The fourth-order valence-electron chi connectivity index (χ4n) is 1.19. The van der Waals surface area contributed by atoms with Crippen LogP contribution < -0.4 is 5.73 Å². The molecule has 0 radical (unpaired) electrons. The number of hydrogen-bond donors (Lipinski definition) is 2. The minimum absolute atomic E-state index is 0.0984. The molecule has 0 aromatic carbocycles. The second-order valence-corrected chi connectivity index (χ2v) is 4.39. The smallest absolute Gasteiger partial charge is 0.345 e. The predicted molar refractivity (Wildman–Crippen MR) is 62.6 cm³/mol. The van der Waals surface area contributed by atoms with Crippen LogP contribution in [0.3, 0.4) is 0 Å². The van der Waals surface area contributed by atoms with E-state index < -0.39 is 12.0 Å². The number of allylic oxidation sites excluding steroid dienone is 1. The first-order valence-corrected chi connectivity index (χ1v) is 5.60. The van der Waals surface area contributed by atoms with Crippen LogP contribution in [-0.4, -0.2) is 16.9 Å². The predicted octanol–water partition coefficient (Wildman–Crippen LogP) is 1.98. The van der Waals surface area contributed by atoms with Gasteiger partial charge < -0.3 is 10.8 Å². The lowest BCUT2D eigenvalue weighted by molar-refractivity contribution is -0.120. The second kappa shape index (κ2) is 5.58. The third-order valence-corrected chi connectivity index (χ3v) is 3.24. The van der Waals surface area contributed by atoms with Gasteiger partial charge in [-0.05, 0) is 18.6 Å². The van der Waals surface area contributed by atoms with Crippen molar-refractivity contribution in [2.45, 2.75) is 18.9 Å². The maximum atomic E-state index is 11.6. The van der Waals surface area contributed by atoms with E-state index >= 15 is 0 Å². The summed E-state index contributed by atoms with van der Waals surface area (Å²) in [6.07, 6.45) is 2.58. The summed E-state index contributed by atoms with van der Waals surface area (Å²) < 4.78 is 0. The number of thiophene rings is 1. The summed E-state index contributed by atoms with van der Waals surface area (Å²) in [6, 6.07) is 2.33. The highest BCUT2D eigenvalue weighted by atomic mass is 32.1. The lowest BCUT2D eigenvalue weighted by Gasteiger charge is -2.06. The summed E-state index contributed by atoms with van der Waals surface area (Å²) in [5.41, 5.74) is 5.73. The number of Topliss-reactive ketones (excluding diaryl/α,β-unsaturated/α-hetero) is 1. The zero-order valence-electron chi connectivity index (χ0n) is 8.68. The highest BCUT2D eigenvalue weighted by molar-refractivity contribution is 7.14. The molecule has 0 aliphatic rings. The van der Waals surface area contributed by atoms with Gasteiger partial charge in [0.2, 0.25) is 0 Å². The summed E-state index contributed by atoms with van der Waals surface area (Å²) >= 11 is 1.04. The number of hydrogen-bond acceptors (Lipinski definition) is 4. The first kappa shape index (κ1) is 12.6. The summed E-state index contributed by atoms with van der Waals surface area (Å²) in [4.78, 5) is 23.0. The van der Waals surface area contributed by atoms with Crippen LogP contribution in [0.25, 0.3) is 0 Å². The number of carboxylic acids is 1. The van der Waals surface area contributed by atoms with Crippen LogP contribution in [0.15, 0.2) is 24.8 Å². The van der Waals surface area contributed by atoms with E-state index in [1.54, 1.807) is 12.1 Å². The molecule has 1 aromatic heterocycles. The molecule has 0 aliphatic heterocycles. The van der Waals surface area contributed by atoms with E-state index in [1.807, 2.05) is 0 Å². The maximum absolute atomic E-state index is 11.6. The molecular formula is C11H13NO3S. The second-order valence-electron chi connectivity index (χ2n) is 3.28. The third kappa shape index (κ3) is 3.01. The summed E-state index contributed by atoms with van der Waals surface area (Å²) in [6.45, 7) is 3.52. The van der Waals surface area contributed by atoms with Crippen LogP contribution in [0, 0.1) is 0 Å². The molecule has 1 aromatic rings. The maximum Gasteiger partial charge on any atom is 0.345 e. The van der Waals surface area contributed by atoms with Crippen molar-refractivity contribution in [3.63, 3.8) is 0 Å². The Labute approximate surface area is 97.4 Å². The number of rotatable bonds is 6. The molecular weight excluding hydrogens is 226 g/mol. The number of ketones is 1. The minimum Gasteiger partial charge on any atom is -0.477 e. The van der Waals surface area contributed by atoms with Gasteiger partial charge in [0, 0.05) is 11.3 Å². The van der Waals surface area contributed by atoms with E-state index in [0.717, 1.165) is 11.3 Å². The van der Waals surface area contributed by atoms with Crippen molar-refractivity contribution in [2.75, 3.05) is 0 Å². The first-order chi connectivity index (χ1) is 7.56. The molecule has 0 fully saturated rings. The Morgan fingerprint density at radius 3 is 2.75 bits per heavy atom. The molecule has 5 heteroatoms. The van der Waals surface area contributed by atoms with Crippen molar-refractivity contribution in [3.8, 4) is 0 Å². The minimum atomic E-state index is -0.998. The average Bonchev–Trinajstić information content (AvgIpc) is 2.74. The third-order valence-electron chi connectivity index (χ3n) is 2.09. The number of carboxylic acid groups (broad SMARTS) is 1. The van der Waals surface area contributed by atoms with Crippen LogP contribution in [0.1, 0.15) is 33.4 Å². The number of carbonyl (C=O) groups is 2. The molecule has 16 heavy (non-hydrogen) atoms. The van der Waals surface area contributed by atoms with Gasteiger partial charge in [0.25, 0.3) is 0 Å². The van der Waals surface area contributed by atoms with Gasteiger partial charge in [0.05, 0.1) is 6.04 Å². The molecule has 1 rings (SSSR count). The van der Waals surface area contributed by atoms with Gasteiger partial charge in [-0.25, -0.2) is 4.79 Å². The van der Waals surface area contributed by atoms with Gasteiger partial charge in [-0.15, -0.1) is 17.9 Å². The Morgan fingerprint density at radius 2 is 2.25 bits per heavy atom. The van der Waals surface area contributed by atoms with Crippen LogP contribution in [0.4, 0.5) is 0 Å². The van der Waals surface area contributed by atoms with Gasteiger partial charge in [-0.2, -0.15) is 0 Å². The molecule has 0 spiro atoms. The molecule has 0 amide bonds. The molecule has 0 saturated heterocycles. The highest BCUT2D eigenvalue weighted by Gasteiger charge is 2.18. The van der Waals surface area contributed by atoms with Crippen molar-refractivity contribution in [2.24, 2.45) is 5.73 Å². The molecule has 3 N–H and O–H groups in total. The Kier molecular flexibility index (Phi) is 4.39. The van der Waals surface area contributed by atoms with Crippen LogP contribution in [0.5, 0.6) is 0 Å². The zero-order valence-corrected chi connectivity index (χ0v) is 9.50. The molecule has 1 atom stereocenters. The summed E-state index contributed by atoms with van der Waals surface area (Å²) in [5.74, 6) is -1.10. The molecule has 1 heterocycles. The Morgan fingerprint density at radius 1 is 1.56 bits per heavy atom. The number of nitrogens with two attached hydrogens (primary N) is 1. The van der Waals surface area contributed by atoms with Crippen LogP contribution in [-0.2, 0) is 4.79 Å². The highest BCUT2D eigenvalue weighted by Crippen LogP contribution is 2.23. The van der Waals surface area contributed by atoms with Gasteiger partial charge in [0.15, 0.2) is 5.78 Å². The molecule has 1 unspecified atom stereocenters. The summed E-state index contributed by atoms with van der Waals surface area (Å²) in [7, 11) is 0. The lowest BCUT2D eigenvalue weighted by Crippen LogP contribution is -2.19. The van der Waals surface area contributed by atoms with E-state index in [1.165, 1.54) is 6.07 Å². The van der Waals surface area contributed by atoms with Crippen molar-refractivity contribution in [1.29, 1.82) is 0 Å². The normalized spacial score (nSPS) is 12.1. The molecule has 4 nitrogen and oxygen atoms in total. The van der Waals surface area contributed by atoms with E-state index in [9.17, 15) is 9.59 Å². The van der Waals surface area contributed by atoms with E-state index in [0.29, 0.717) is 17.7 Å². The topological polar surface area (TPSA) is 80.4 Å². The molecule has 0 aliphatic carbocycles. The Bertz CT molecular complexity index is 411. The zero-order chi connectivity index (χ0) is 12.1. The van der Waals surface area contributed by atoms with E-state index in [-0.39, 0.29) is 10.7 Å². The van der Waals surface area contributed by atoms with Crippen molar-refractivity contribution in [3.05, 3.63) is 34.5 Å². The Hall–Kier alpha value is -1.46. The van der Waals surface area contributed by atoms with Gasteiger partial charge in [-0.1, -0.05) is 6.08 Å². The van der Waals surface area contributed by atoms with Crippen LogP contribution >= 0.6 is 11.3 Å². The quantitative estimate of drug-likeness (QED) is 0.744. The van der Waals surface area contributed by atoms with Gasteiger partial charge >= 0.3 is 5.97 Å². The largest absolute Gasteiger partial charge is 0.477 e. The SMILES string of the molecule is C=CCCC(=O)C(N)c1ccc(C(=O)O)s1. The molecule has 86 valence electrons.